The van der Waals surface area contributed by atoms with Gasteiger partial charge in [0.1, 0.15) is 0 Å². The van der Waals surface area contributed by atoms with E-state index in [4.69, 9.17) is 0 Å². The van der Waals surface area contributed by atoms with Crippen LogP contribution in [0.4, 0.5) is 0 Å². The van der Waals surface area contributed by atoms with Crippen molar-refractivity contribution in [3.63, 3.8) is 0 Å². The summed E-state index contributed by atoms with van der Waals surface area (Å²) in [6.07, 6.45) is 6.15. The fraction of sp³-hybridized carbons (Fsp3) is 0.471. The SMILES string of the molecule is C=CCN(CC=C)Cc1cc(=O)c(O)cn1CCCN(C)C. The van der Waals surface area contributed by atoms with E-state index in [-0.39, 0.29) is 11.2 Å². The van der Waals surface area contributed by atoms with Crippen LogP contribution in [-0.2, 0) is 13.1 Å². The summed E-state index contributed by atoms with van der Waals surface area (Å²) in [5.74, 6) is -0.201. The molecule has 22 heavy (non-hydrogen) atoms. The summed E-state index contributed by atoms with van der Waals surface area (Å²) in [4.78, 5) is 16.0. The summed E-state index contributed by atoms with van der Waals surface area (Å²) < 4.78 is 1.96. The van der Waals surface area contributed by atoms with Gasteiger partial charge in [-0.2, -0.15) is 0 Å². The van der Waals surface area contributed by atoms with Crippen LogP contribution in [0.1, 0.15) is 12.1 Å². The van der Waals surface area contributed by atoms with Crippen molar-refractivity contribution in [1.82, 2.24) is 14.4 Å². The van der Waals surface area contributed by atoms with Crippen LogP contribution in [0.5, 0.6) is 5.75 Å². The second kappa shape index (κ2) is 9.23. The van der Waals surface area contributed by atoms with Crippen molar-refractivity contribution in [1.29, 1.82) is 0 Å². The highest BCUT2D eigenvalue weighted by Crippen LogP contribution is 2.10. The number of aromatic nitrogens is 1. The third-order valence-corrected chi connectivity index (χ3v) is 3.36. The topological polar surface area (TPSA) is 48.7 Å². The first-order valence-electron chi connectivity index (χ1n) is 7.49. The van der Waals surface area contributed by atoms with Gasteiger partial charge in [-0.05, 0) is 27.1 Å². The molecule has 0 unspecified atom stereocenters. The average Bonchev–Trinajstić information content (AvgIpc) is 2.44. The molecule has 0 aliphatic rings. The van der Waals surface area contributed by atoms with Gasteiger partial charge < -0.3 is 14.6 Å². The molecule has 5 nitrogen and oxygen atoms in total. The minimum absolute atomic E-state index is 0.201. The minimum atomic E-state index is -0.337. The maximum atomic E-state index is 11.7. The second-order valence-corrected chi connectivity index (χ2v) is 5.64. The predicted molar refractivity (Wildman–Crippen MR) is 91.2 cm³/mol. The van der Waals surface area contributed by atoms with E-state index in [1.807, 2.05) is 30.8 Å². The zero-order valence-electron chi connectivity index (χ0n) is 13.7. The number of hydrogen-bond donors (Lipinski definition) is 1. The molecule has 1 N–H and O–H groups in total. The average molecular weight is 305 g/mol. The van der Waals surface area contributed by atoms with Crippen LogP contribution in [0.3, 0.4) is 0 Å². The Morgan fingerprint density at radius 3 is 2.45 bits per heavy atom. The summed E-state index contributed by atoms with van der Waals surface area (Å²) in [6.45, 7) is 11.3. The zero-order valence-corrected chi connectivity index (χ0v) is 13.7. The highest BCUT2D eigenvalue weighted by Gasteiger charge is 2.10. The fourth-order valence-electron chi connectivity index (χ4n) is 2.30. The third-order valence-electron chi connectivity index (χ3n) is 3.36. The van der Waals surface area contributed by atoms with Gasteiger partial charge in [0.05, 0.1) is 6.20 Å². The Hall–Kier alpha value is -1.85. The lowest BCUT2D eigenvalue weighted by Gasteiger charge is -2.22. The first kappa shape index (κ1) is 18.2. The van der Waals surface area contributed by atoms with E-state index in [0.29, 0.717) is 6.54 Å². The van der Waals surface area contributed by atoms with Crippen LogP contribution in [0.25, 0.3) is 0 Å². The molecule has 0 saturated carbocycles. The van der Waals surface area contributed by atoms with Crippen molar-refractivity contribution < 1.29 is 5.11 Å². The van der Waals surface area contributed by atoms with Gasteiger partial charge in [-0.15, -0.1) is 13.2 Å². The summed E-state index contributed by atoms with van der Waals surface area (Å²) in [6, 6.07) is 1.52. The van der Waals surface area contributed by atoms with Gasteiger partial charge in [0.2, 0.25) is 5.43 Å². The fourth-order valence-corrected chi connectivity index (χ4v) is 2.30. The second-order valence-electron chi connectivity index (χ2n) is 5.64. The van der Waals surface area contributed by atoms with Crippen molar-refractivity contribution >= 4 is 0 Å². The van der Waals surface area contributed by atoms with Gasteiger partial charge in [-0.25, -0.2) is 0 Å². The molecule has 0 amide bonds. The largest absolute Gasteiger partial charge is 0.503 e. The van der Waals surface area contributed by atoms with Crippen LogP contribution < -0.4 is 5.43 Å². The van der Waals surface area contributed by atoms with Gasteiger partial charge in [-0.1, -0.05) is 12.2 Å². The van der Waals surface area contributed by atoms with E-state index in [0.717, 1.165) is 38.3 Å². The van der Waals surface area contributed by atoms with Crippen molar-refractivity contribution in [3.05, 3.63) is 53.5 Å². The molecule has 5 heteroatoms. The summed E-state index contributed by atoms with van der Waals surface area (Å²) in [5.41, 5.74) is 0.557. The number of rotatable bonds is 10. The van der Waals surface area contributed by atoms with Crippen molar-refractivity contribution in [2.75, 3.05) is 33.7 Å². The Bertz CT molecular complexity index is 539. The van der Waals surface area contributed by atoms with Gasteiger partial charge >= 0.3 is 0 Å². The number of hydrogen-bond acceptors (Lipinski definition) is 4. The highest BCUT2D eigenvalue weighted by molar-refractivity contribution is 5.20. The normalized spacial score (nSPS) is 11.1. The molecule has 122 valence electrons. The maximum absolute atomic E-state index is 11.7. The molecule has 0 spiro atoms. The Balaban J connectivity index is 2.94. The number of aryl methyl sites for hydroxylation is 1. The van der Waals surface area contributed by atoms with E-state index in [1.54, 1.807) is 0 Å². The molecule has 1 aromatic heterocycles. The van der Waals surface area contributed by atoms with Crippen LogP contribution in [0.2, 0.25) is 0 Å². The van der Waals surface area contributed by atoms with Gasteiger partial charge in [0.25, 0.3) is 0 Å². The Morgan fingerprint density at radius 2 is 1.91 bits per heavy atom. The number of pyridine rings is 1. The molecule has 0 atom stereocenters. The Labute approximate surface area is 132 Å². The lowest BCUT2D eigenvalue weighted by Crippen LogP contribution is -2.27. The van der Waals surface area contributed by atoms with Gasteiger partial charge in [-0.3, -0.25) is 9.69 Å². The molecule has 0 aliphatic carbocycles. The molecule has 1 heterocycles. The van der Waals surface area contributed by atoms with Crippen LogP contribution in [0.15, 0.2) is 42.4 Å². The van der Waals surface area contributed by atoms with Crippen molar-refractivity contribution in [2.24, 2.45) is 0 Å². The smallest absolute Gasteiger partial charge is 0.223 e. The number of nitrogens with zero attached hydrogens (tertiary/aromatic N) is 3. The van der Waals surface area contributed by atoms with E-state index < -0.39 is 0 Å². The predicted octanol–water partition coefficient (Wildman–Crippen LogP) is 1.68. The van der Waals surface area contributed by atoms with E-state index in [2.05, 4.69) is 23.0 Å². The van der Waals surface area contributed by atoms with E-state index >= 15 is 0 Å². The molecular formula is C17H27N3O2. The lowest BCUT2D eigenvalue weighted by molar-refractivity contribution is 0.312. The Morgan fingerprint density at radius 1 is 1.27 bits per heavy atom. The molecule has 0 bridgehead atoms. The molecule has 0 radical (unpaired) electrons. The third kappa shape index (κ3) is 5.87. The van der Waals surface area contributed by atoms with Crippen LogP contribution in [-0.4, -0.2) is 53.2 Å². The standard InChI is InChI=1S/C17H27N3O2/c1-5-8-19(9-6-2)13-15-12-16(21)17(22)14-20(15)11-7-10-18(3)4/h5-6,12,14,22H,1-2,7-11,13H2,3-4H3. The zero-order chi connectivity index (χ0) is 16.5. The van der Waals surface area contributed by atoms with E-state index in [1.165, 1.54) is 12.3 Å². The molecule has 0 aliphatic heterocycles. The highest BCUT2D eigenvalue weighted by atomic mass is 16.3. The summed E-state index contributed by atoms with van der Waals surface area (Å²) in [5, 5.41) is 9.68. The van der Waals surface area contributed by atoms with Gasteiger partial charge in [0, 0.05) is 37.9 Å². The van der Waals surface area contributed by atoms with Crippen molar-refractivity contribution in [3.8, 4) is 5.75 Å². The molecule has 1 aromatic rings. The van der Waals surface area contributed by atoms with Gasteiger partial charge in [0.15, 0.2) is 5.75 Å². The number of aromatic hydroxyl groups is 1. The maximum Gasteiger partial charge on any atom is 0.223 e. The van der Waals surface area contributed by atoms with Crippen molar-refractivity contribution in [2.45, 2.75) is 19.5 Å². The quantitative estimate of drug-likeness (QED) is 0.668. The molecule has 0 saturated heterocycles. The molecule has 0 fully saturated rings. The Kier molecular flexibility index (Phi) is 7.63. The monoisotopic (exact) mass is 305 g/mol. The first-order chi connectivity index (χ1) is 10.5. The lowest BCUT2D eigenvalue weighted by atomic mass is 10.2. The van der Waals surface area contributed by atoms with E-state index in [9.17, 15) is 9.90 Å². The van der Waals surface area contributed by atoms with Crippen LogP contribution in [0, 0.1) is 0 Å². The summed E-state index contributed by atoms with van der Waals surface area (Å²) in [7, 11) is 4.05. The molecule has 0 aromatic carbocycles. The summed E-state index contributed by atoms with van der Waals surface area (Å²) >= 11 is 0. The molecule has 1 rings (SSSR count). The molecular weight excluding hydrogens is 278 g/mol. The first-order valence-corrected chi connectivity index (χ1v) is 7.49. The van der Waals surface area contributed by atoms with Crippen LogP contribution >= 0.6 is 0 Å². The minimum Gasteiger partial charge on any atom is -0.503 e.